The quantitative estimate of drug-likeness (QED) is 0.446. The van der Waals surface area contributed by atoms with Gasteiger partial charge in [-0.05, 0) is 55.5 Å². The van der Waals surface area contributed by atoms with Crippen LogP contribution < -0.4 is 27.2 Å². The number of nitrogens with two attached hydrogens (primary N) is 1. The van der Waals surface area contributed by atoms with Crippen molar-refractivity contribution in [3.8, 4) is 11.8 Å². The first kappa shape index (κ1) is 26.9. The van der Waals surface area contributed by atoms with Gasteiger partial charge >= 0.3 is 5.69 Å². The Kier molecular flexibility index (Phi) is 8.77. The second kappa shape index (κ2) is 12.4. The van der Waals surface area contributed by atoms with Crippen molar-refractivity contribution in [1.82, 2.24) is 14.5 Å². The zero-order valence-corrected chi connectivity index (χ0v) is 21.5. The molecule has 198 valence electrons. The van der Waals surface area contributed by atoms with Gasteiger partial charge in [0, 0.05) is 37.3 Å². The molecule has 1 amide bonds. The summed E-state index contributed by atoms with van der Waals surface area (Å²) in [5.41, 5.74) is 6.79. The molecule has 2 heterocycles. The number of anilines is 1. The normalized spacial score (nSPS) is 15.0. The van der Waals surface area contributed by atoms with Crippen LogP contribution in [0, 0.1) is 17.7 Å². The molecule has 0 saturated carbocycles. The number of benzene rings is 2. The third kappa shape index (κ3) is 6.39. The highest BCUT2D eigenvalue weighted by atomic mass is 19.1. The number of piperidine rings is 1. The summed E-state index contributed by atoms with van der Waals surface area (Å²) < 4.78 is 16.5. The smallest absolute Gasteiger partial charge is 0.333 e. The fourth-order valence-electron chi connectivity index (χ4n) is 4.64. The molecule has 0 radical (unpaired) electrons. The van der Waals surface area contributed by atoms with E-state index in [9.17, 15) is 18.8 Å². The number of nitrogens with zero attached hydrogens (tertiary/aromatic N) is 3. The maximum Gasteiger partial charge on any atom is 0.333 e. The summed E-state index contributed by atoms with van der Waals surface area (Å²) >= 11 is 0. The van der Waals surface area contributed by atoms with Crippen molar-refractivity contribution in [1.29, 1.82) is 0 Å². The topological polar surface area (TPSA) is 102 Å². The van der Waals surface area contributed by atoms with Gasteiger partial charge in [0.15, 0.2) is 0 Å². The highest BCUT2D eigenvalue weighted by Gasteiger charge is 2.22. The second-order valence-corrected chi connectivity index (χ2v) is 9.37. The van der Waals surface area contributed by atoms with Gasteiger partial charge in [-0.1, -0.05) is 36.3 Å². The van der Waals surface area contributed by atoms with Gasteiger partial charge in [-0.25, -0.2) is 9.18 Å². The minimum absolute atomic E-state index is 0.00730. The minimum Gasteiger partial charge on any atom is -0.356 e. The minimum atomic E-state index is -0.464. The largest absolute Gasteiger partial charge is 0.356 e. The van der Waals surface area contributed by atoms with Crippen LogP contribution in [-0.2, 0) is 19.5 Å². The number of aromatic nitrogens is 2. The molecule has 2 aromatic carbocycles. The van der Waals surface area contributed by atoms with Gasteiger partial charge in [0.25, 0.3) is 11.5 Å². The first-order chi connectivity index (χ1) is 18.4. The van der Waals surface area contributed by atoms with Gasteiger partial charge in [-0.15, -0.1) is 5.92 Å². The molecular formula is C29H32FN5O3. The van der Waals surface area contributed by atoms with Gasteiger partial charge in [0.05, 0.1) is 13.1 Å². The van der Waals surface area contributed by atoms with E-state index in [1.54, 1.807) is 49.4 Å². The van der Waals surface area contributed by atoms with Gasteiger partial charge in [0.2, 0.25) is 0 Å². The SMILES string of the molecule is CC#CCn1c(N2CCC[C@@H](N)C2)cc(=O)n(Cc2cccc(C(=O)NCCc3ccccc3F)c2)c1=O. The van der Waals surface area contributed by atoms with Crippen molar-refractivity contribution < 1.29 is 9.18 Å². The molecule has 0 bridgehead atoms. The van der Waals surface area contributed by atoms with Crippen molar-refractivity contribution in [2.24, 2.45) is 5.73 Å². The molecular weight excluding hydrogens is 485 g/mol. The van der Waals surface area contributed by atoms with Crippen LogP contribution in [0.15, 0.2) is 64.2 Å². The molecule has 3 N–H and O–H groups in total. The van der Waals surface area contributed by atoms with Crippen molar-refractivity contribution in [3.05, 3.63) is 97.9 Å². The van der Waals surface area contributed by atoms with Crippen molar-refractivity contribution in [3.63, 3.8) is 0 Å². The summed E-state index contributed by atoms with van der Waals surface area (Å²) in [6, 6.07) is 14.7. The van der Waals surface area contributed by atoms with Gasteiger partial charge < -0.3 is 16.0 Å². The molecule has 1 aliphatic heterocycles. The third-order valence-electron chi connectivity index (χ3n) is 6.62. The third-order valence-corrected chi connectivity index (χ3v) is 6.62. The van der Waals surface area contributed by atoms with Crippen molar-refractivity contribution in [2.45, 2.75) is 45.3 Å². The maximum absolute atomic E-state index is 13.8. The predicted molar refractivity (Wildman–Crippen MR) is 146 cm³/mol. The molecule has 38 heavy (non-hydrogen) atoms. The summed E-state index contributed by atoms with van der Waals surface area (Å²) in [6.45, 7) is 3.41. The number of hydrogen-bond donors (Lipinski definition) is 2. The molecule has 1 aliphatic rings. The number of halogens is 1. The Morgan fingerprint density at radius 1 is 1.13 bits per heavy atom. The van der Waals surface area contributed by atoms with Crippen LogP contribution in [-0.4, -0.2) is 40.7 Å². The summed E-state index contributed by atoms with van der Waals surface area (Å²) in [5.74, 6) is 5.64. The Bertz CT molecular complexity index is 1480. The Hall–Kier alpha value is -4.16. The lowest BCUT2D eigenvalue weighted by Crippen LogP contribution is -2.48. The Morgan fingerprint density at radius 3 is 2.71 bits per heavy atom. The molecule has 9 heteroatoms. The first-order valence-electron chi connectivity index (χ1n) is 12.7. The molecule has 3 aromatic rings. The molecule has 0 unspecified atom stereocenters. The van der Waals surface area contributed by atoms with Crippen LogP contribution in [0.1, 0.15) is 41.3 Å². The van der Waals surface area contributed by atoms with Crippen molar-refractivity contribution >= 4 is 11.7 Å². The van der Waals surface area contributed by atoms with Crippen LogP contribution in [0.3, 0.4) is 0 Å². The monoisotopic (exact) mass is 517 g/mol. The predicted octanol–water partition coefficient (Wildman–Crippen LogP) is 2.12. The Morgan fingerprint density at radius 2 is 1.95 bits per heavy atom. The number of amides is 1. The van der Waals surface area contributed by atoms with Gasteiger partial charge in [0.1, 0.15) is 11.6 Å². The summed E-state index contributed by atoms with van der Waals surface area (Å²) in [7, 11) is 0. The molecule has 4 rings (SSSR count). The van der Waals surface area contributed by atoms with E-state index in [-0.39, 0.29) is 37.4 Å². The van der Waals surface area contributed by atoms with Crippen LogP contribution in [0.5, 0.6) is 0 Å². The molecule has 0 spiro atoms. The average molecular weight is 518 g/mol. The van der Waals surface area contributed by atoms with Crippen LogP contribution in [0.4, 0.5) is 10.2 Å². The van der Waals surface area contributed by atoms with Crippen LogP contribution >= 0.6 is 0 Å². The number of nitrogens with one attached hydrogen (secondary N) is 1. The number of hydrogen-bond acceptors (Lipinski definition) is 5. The van der Waals surface area contributed by atoms with E-state index < -0.39 is 11.2 Å². The summed E-state index contributed by atoms with van der Waals surface area (Å²) in [5, 5.41) is 2.80. The van der Waals surface area contributed by atoms with Gasteiger partial charge in [-0.3, -0.25) is 18.7 Å². The lowest BCUT2D eigenvalue weighted by molar-refractivity contribution is 0.0954. The fraction of sp³-hybridized carbons (Fsp3) is 0.345. The lowest BCUT2D eigenvalue weighted by atomic mass is 10.1. The molecule has 1 fully saturated rings. The standard InChI is InChI=1S/C29H32FN5O3/c1-2-3-16-34-26(33-15-7-11-24(31)20-33)18-27(36)35(29(34)38)19-21-8-6-10-23(17-21)28(37)32-14-13-22-9-4-5-12-25(22)30/h4-6,8-10,12,17-18,24H,7,11,13-16,19-20,31H2,1H3,(H,32,37)/t24-/m1/s1. The fourth-order valence-corrected chi connectivity index (χ4v) is 4.64. The molecule has 1 atom stereocenters. The van der Waals surface area contributed by atoms with E-state index >= 15 is 0 Å². The van der Waals surface area contributed by atoms with Gasteiger partial charge in [-0.2, -0.15) is 0 Å². The van der Waals surface area contributed by atoms with E-state index in [1.807, 2.05) is 4.90 Å². The Labute approximate surface area is 220 Å². The summed E-state index contributed by atoms with van der Waals surface area (Å²) in [6.07, 6.45) is 2.15. The van der Waals surface area contributed by atoms with E-state index in [4.69, 9.17) is 5.73 Å². The van der Waals surface area contributed by atoms with E-state index in [0.717, 1.165) is 17.4 Å². The van der Waals surface area contributed by atoms with E-state index in [2.05, 4.69) is 17.2 Å². The van der Waals surface area contributed by atoms with E-state index in [1.165, 1.54) is 16.7 Å². The van der Waals surface area contributed by atoms with Crippen molar-refractivity contribution in [2.75, 3.05) is 24.5 Å². The zero-order chi connectivity index (χ0) is 27.1. The molecule has 1 aromatic heterocycles. The average Bonchev–Trinajstić information content (AvgIpc) is 2.91. The molecule has 1 saturated heterocycles. The number of rotatable bonds is 8. The molecule has 8 nitrogen and oxygen atoms in total. The Balaban J connectivity index is 1.53. The summed E-state index contributed by atoms with van der Waals surface area (Å²) in [4.78, 5) is 41.2. The van der Waals surface area contributed by atoms with Crippen LogP contribution in [0.25, 0.3) is 0 Å². The number of carbonyl (C=O) groups is 1. The zero-order valence-electron chi connectivity index (χ0n) is 21.5. The maximum atomic E-state index is 13.8. The first-order valence-corrected chi connectivity index (χ1v) is 12.7. The molecule has 0 aliphatic carbocycles. The van der Waals surface area contributed by atoms with Crippen LogP contribution in [0.2, 0.25) is 0 Å². The highest BCUT2D eigenvalue weighted by molar-refractivity contribution is 5.94. The lowest BCUT2D eigenvalue weighted by Gasteiger charge is -2.33. The van der Waals surface area contributed by atoms with E-state index in [0.29, 0.717) is 42.0 Å². The highest BCUT2D eigenvalue weighted by Crippen LogP contribution is 2.17. The second-order valence-electron chi connectivity index (χ2n) is 9.37. The number of carbonyl (C=O) groups excluding carboxylic acids is 1.